The summed E-state index contributed by atoms with van der Waals surface area (Å²) in [5.74, 6) is 0.855. The van der Waals surface area contributed by atoms with Crippen molar-refractivity contribution in [2.24, 2.45) is 5.92 Å². The van der Waals surface area contributed by atoms with E-state index in [9.17, 15) is 4.79 Å². The number of fused-ring (bicyclic) bond motifs is 3. The summed E-state index contributed by atoms with van der Waals surface area (Å²) < 4.78 is 0. The molecule has 3 aliphatic heterocycles. The standard InChI is InChI=1S/C22H26N2O/c25-22(19-9-5-2-6-10-19)20(17-7-3-1-4-8-17)15-23-21-16-24-13-11-18(21)12-14-24/h1-10,18,20-21,23H,11-16H2/t20-,21-/m1/s1. The number of piperidine rings is 3. The maximum absolute atomic E-state index is 13.1. The van der Waals surface area contributed by atoms with E-state index in [1.807, 2.05) is 48.5 Å². The van der Waals surface area contributed by atoms with Gasteiger partial charge in [-0.3, -0.25) is 4.79 Å². The first-order valence-electron chi connectivity index (χ1n) is 9.41. The van der Waals surface area contributed by atoms with Gasteiger partial charge >= 0.3 is 0 Å². The van der Waals surface area contributed by atoms with Gasteiger partial charge in [0.05, 0.1) is 5.92 Å². The van der Waals surface area contributed by atoms with Gasteiger partial charge in [-0.2, -0.15) is 0 Å². The molecule has 130 valence electrons. The van der Waals surface area contributed by atoms with Crippen molar-refractivity contribution in [3.05, 3.63) is 71.8 Å². The highest BCUT2D eigenvalue weighted by Gasteiger charge is 2.34. The Hall–Kier alpha value is -1.97. The topological polar surface area (TPSA) is 32.3 Å². The van der Waals surface area contributed by atoms with Crippen molar-refractivity contribution in [1.29, 1.82) is 0 Å². The lowest BCUT2D eigenvalue weighted by Gasteiger charge is -2.45. The summed E-state index contributed by atoms with van der Waals surface area (Å²) in [5.41, 5.74) is 1.90. The van der Waals surface area contributed by atoms with Crippen molar-refractivity contribution in [2.75, 3.05) is 26.2 Å². The first kappa shape index (κ1) is 16.5. The second kappa shape index (κ2) is 7.51. The zero-order valence-electron chi connectivity index (χ0n) is 14.6. The molecule has 3 saturated heterocycles. The third-order valence-corrected chi connectivity index (χ3v) is 5.82. The van der Waals surface area contributed by atoms with Crippen LogP contribution in [0.1, 0.15) is 34.7 Å². The minimum absolute atomic E-state index is 0.126. The van der Waals surface area contributed by atoms with E-state index in [1.165, 1.54) is 25.9 Å². The Balaban J connectivity index is 1.51. The number of hydrogen-bond donors (Lipinski definition) is 1. The maximum atomic E-state index is 13.1. The Morgan fingerprint density at radius 1 is 1.00 bits per heavy atom. The zero-order valence-corrected chi connectivity index (χ0v) is 14.6. The van der Waals surface area contributed by atoms with E-state index in [0.29, 0.717) is 12.6 Å². The fraction of sp³-hybridized carbons (Fsp3) is 0.409. The highest BCUT2D eigenvalue weighted by Crippen LogP contribution is 2.28. The number of hydrogen-bond acceptors (Lipinski definition) is 3. The number of benzene rings is 2. The number of Topliss-reactive ketones (excluding diaryl/α,β-unsaturated/α-hetero) is 1. The third kappa shape index (κ3) is 3.68. The summed E-state index contributed by atoms with van der Waals surface area (Å²) in [5, 5.41) is 3.74. The second-order valence-corrected chi connectivity index (χ2v) is 7.35. The molecule has 0 saturated carbocycles. The van der Waals surface area contributed by atoms with E-state index < -0.39 is 0 Å². The van der Waals surface area contributed by atoms with Gasteiger partial charge in [-0.25, -0.2) is 0 Å². The number of nitrogens with zero attached hydrogens (tertiary/aromatic N) is 1. The average Bonchev–Trinajstić information content (AvgIpc) is 2.70. The van der Waals surface area contributed by atoms with Gasteiger partial charge in [0.1, 0.15) is 0 Å². The minimum Gasteiger partial charge on any atom is -0.311 e. The van der Waals surface area contributed by atoms with Crippen molar-refractivity contribution >= 4 is 5.78 Å². The van der Waals surface area contributed by atoms with Crippen LogP contribution < -0.4 is 5.32 Å². The lowest BCUT2D eigenvalue weighted by atomic mass is 9.83. The summed E-state index contributed by atoms with van der Waals surface area (Å²) in [6, 6.07) is 20.4. The van der Waals surface area contributed by atoms with Crippen molar-refractivity contribution in [2.45, 2.75) is 24.8 Å². The molecule has 2 atom stereocenters. The quantitative estimate of drug-likeness (QED) is 0.823. The molecule has 3 heteroatoms. The average molecular weight is 334 g/mol. The van der Waals surface area contributed by atoms with Crippen LogP contribution in [0.2, 0.25) is 0 Å². The molecule has 0 unspecified atom stereocenters. The summed E-state index contributed by atoms with van der Waals surface area (Å²) in [6.07, 6.45) is 2.58. The zero-order chi connectivity index (χ0) is 17.1. The first-order chi connectivity index (χ1) is 12.3. The van der Waals surface area contributed by atoms with Crippen LogP contribution in [0.4, 0.5) is 0 Å². The largest absolute Gasteiger partial charge is 0.311 e. The molecule has 3 fully saturated rings. The van der Waals surface area contributed by atoms with E-state index >= 15 is 0 Å². The van der Waals surface area contributed by atoms with Crippen LogP contribution in [0.15, 0.2) is 60.7 Å². The highest BCUT2D eigenvalue weighted by molar-refractivity contribution is 6.01. The van der Waals surface area contributed by atoms with Crippen molar-refractivity contribution < 1.29 is 4.79 Å². The predicted molar refractivity (Wildman–Crippen MR) is 101 cm³/mol. The third-order valence-electron chi connectivity index (χ3n) is 5.82. The van der Waals surface area contributed by atoms with E-state index in [-0.39, 0.29) is 11.7 Å². The molecule has 5 rings (SSSR count). The van der Waals surface area contributed by atoms with Gasteiger partial charge in [0.15, 0.2) is 5.78 Å². The normalized spacial score (nSPS) is 26.3. The monoisotopic (exact) mass is 334 g/mol. The first-order valence-corrected chi connectivity index (χ1v) is 9.41. The summed E-state index contributed by atoms with van der Waals surface area (Å²) in [7, 11) is 0. The SMILES string of the molecule is O=C(c1ccccc1)[C@H](CN[C@@H]1CN2CCC1CC2)c1ccccc1. The second-order valence-electron chi connectivity index (χ2n) is 7.35. The van der Waals surface area contributed by atoms with E-state index in [4.69, 9.17) is 0 Å². The summed E-state index contributed by atoms with van der Waals surface area (Å²) in [6.45, 7) is 4.33. The van der Waals surface area contributed by atoms with Crippen LogP contribution in [-0.4, -0.2) is 42.9 Å². The van der Waals surface area contributed by atoms with E-state index in [2.05, 4.69) is 22.3 Å². The van der Waals surface area contributed by atoms with Crippen molar-refractivity contribution in [1.82, 2.24) is 10.2 Å². The van der Waals surface area contributed by atoms with Gasteiger partial charge in [-0.1, -0.05) is 60.7 Å². The van der Waals surface area contributed by atoms with E-state index in [0.717, 1.165) is 23.6 Å². The van der Waals surface area contributed by atoms with Gasteiger partial charge in [-0.05, 0) is 37.4 Å². The molecule has 0 aliphatic carbocycles. The molecule has 2 aromatic rings. The van der Waals surface area contributed by atoms with Crippen molar-refractivity contribution in [3.63, 3.8) is 0 Å². The van der Waals surface area contributed by atoms with Gasteiger partial charge in [-0.15, -0.1) is 0 Å². The molecule has 25 heavy (non-hydrogen) atoms. The smallest absolute Gasteiger partial charge is 0.171 e. The van der Waals surface area contributed by atoms with Crippen LogP contribution >= 0.6 is 0 Å². The van der Waals surface area contributed by atoms with Crippen LogP contribution in [0, 0.1) is 5.92 Å². The lowest BCUT2D eigenvalue weighted by Crippen LogP contribution is -2.56. The molecule has 0 spiro atoms. The molecule has 2 bridgehead atoms. The lowest BCUT2D eigenvalue weighted by molar-refractivity contribution is 0.0708. The number of nitrogens with one attached hydrogen (secondary N) is 1. The molecule has 0 amide bonds. The van der Waals surface area contributed by atoms with Crippen LogP contribution in [0.3, 0.4) is 0 Å². The Labute approximate surface area is 150 Å². The molecule has 3 heterocycles. The van der Waals surface area contributed by atoms with Gasteiger partial charge in [0.2, 0.25) is 0 Å². The molecular weight excluding hydrogens is 308 g/mol. The van der Waals surface area contributed by atoms with E-state index in [1.54, 1.807) is 0 Å². The van der Waals surface area contributed by atoms with Crippen LogP contribution in [0.5, 0.6) is 0 Å². The van der Waals surface area contributed by atoms with Gasteiger partial charge < -0.3 is 10.2 Å². The van der Waals surface area contributed by atoms with Gasteiger partial charge in [0.25, 0.3) is 0 Å². The maximum Gasteiger partial charge on any atom is 0.171 e. The Morgan fingerprint density at radius 2 is 1.64 bits per heavy atom. The molecule has 0 aromatic heterocycles. The molecule has 2 aromatic carbocycles. The van der Waals surface area contributed by atoms with Crippen LogP contribution in [-0.2, 0) is 0 Å². The Kier molecular flexibility index (Phi) is 4.95. The highest BCUT2D eigenvalue weighted by atomic mass is 16.1. The number of carbonyl (C=O) groups is 1. The Bertz CT molecular complexity index is 692. The number of carbonyl (C=O) groups excluding carboxylic acids is 1. The molecule has 3 nitrogen and oxygen atoms in total. The van der Waals surface area contributed by atoms with Gasteiger partial charge in [0, 0.05) is 24.7 Å². The molecule has 0 radical (unpaired) electrons. The fourth-order valence-electron chi connectivity index (χ4n) is 4.32. The van der Waals surface area contributed by atoms with Crippen molar-refractivity contribution in [3.8, 4) is 0 Å². The summed E-state index contributed by atoms with van der Waals surface area (Å²) >= 11 is 0. The molecule has 3 aliphatic rings. The minimum atomic E-state index is -0.126. The number of rotatable bonds is 6. The number of ketones is 1. The summed E-state index contributed by atoms with van der Waals surface area (Å²) in [4.78, 5) is 15.7. The molecular formula is C22H26N2O. The predicted octanol–water partition coefficient (Wildman–Crippen LogP) is 3.34. The Morgan fingerprint density at radius 3 is 2.24 bits per heavy atom. The fourth-order valence-corrected chi connectivity index (χ4v) is 4.32. The van der Waals surface area contributed by atoms with Crippen LogP contribution in [0.25, 0.3) is 0 Å². The molecule has 1 N–H and O–H groups in total.